The summed E-state index contributed by atoms with van der Waals surface area (Å²) in [6, 6.07) is 9.93. The van der Waals surface area contributed by atoms with Crippen LogP contribution in [0.2, 0.25) is 0 Å². The second-order valence-corrected chi connectivity index (χ2v) is 10.1. The Hall–Kier alpha value is -3.82. The molecule has 1 N–H and O–H groups in total. The quantitative estimate of drug-likeness (QED) is 0.208. The molecule has 9 heteroatoms. The van der Waals surface area contributed by atoms with Crippen LogP contribution in [0.1, 0.15) is 36.6 Å². The predicted octanol–water partition coefficient (Wildman–Crippen LogP) is 3.73. The van der Waals surface area contributed by atoms with Crippen molar-refractivity contribution < 1.29 is 33.6 Å². The lowest BCUT2D eigenvalue weighted by Crippen LogP contribution is -2.42. The summed E-state index contributed by atoms with van der Waals surface area (Å²) < 4.78 is 22.9. The summed E-state index contributed by atoms with van der Waals surface area (Å²) in [4.78, 5) is 30.8. The number of benzene rings is 2. The van der Waals surface area contributed by atoms with Crippen LogP contribution >= 0.6 is 0 Å². The van der Waals surface area contributed by atoms with E-state index in [1.54, 1.807) is 35.2 Å². The average Bonchev–Trinajstić information content (AvgIpc) is 3.46. The minimum absolute atomic E-state index is 0.0389. The van der Waals surface area contributed by atoms with Crippen LogP contribution in [0, 0.1) is 0 Å². The number of fused-ring (bicyclic) bond motifs is 1. The van der Waals surface area contributed by atoms with Crippen molar-refractivity contribution in [2.45, 2.75) is 32.4 Å². The Morgan fingerprint density at radius 2 is 1.90 bits per heavy atom. The van der Waals surface area contributed by atoms with Gasteiger partial charge in [0.05, 0.1) is 31.4 Å². The Balaban J connectivity index is 1.56. The largest absolute Gasteiger partial charge is 0.507 e. The van der Waals surface area contributed by atoms with Crippen molar-refractivity contribution in [3.63, 3.8) is 0 Å². The monoisotopic (exact) mass is 548 g/mol. The zero-order valence-electron chi connectivity index (χ0n) is 23.1. The van der Waals surface area contributed by atoms with Gasteiger partial charge in [-0.1, -0.05) is 18.7 Å². The van der Waals surface area contributed by atoms with Crippen molar-refractivity contribution in [1.29, 1.82) is 0 Å². The number of carbonyl (C=O) groups excluding carboxylic acids is 2. The summed E-state index contributed by atoms with van der Waals surface area (Å²) in [6.07, 6.45) is 2.39. The molecule has 2 aromatic rings. The number of likely N-dealkylation sites (tertiary alicyclic amines) is 1. The molecule has 2 saturated heterocycles. The van der Waals surface area contributed by atoms with Crippen molar-refractivity contribution in [2.24, 2.45) is 0 Å². The maximum Gasteiger partial charge on any atom is 0.295 e. The van der Waals surface area contributed by atoms with Gasteiger partial charge in [0.15, 0.2) is 11.5 Å². The fourth-order valence-corrected chi connectivity index (χ4v) is 5.49. The molecule has 212 valence electrons. The van der Waals surface area contributed by atoms with E-state index in [2.05, 4.69) is 11.5 Å². The standard InChI is InChI=1S/C31H36N2O7/c1-4-14-39-25-9-6-21(19-26(25)38-5-2)28-27(29(34)22-7-8-24-23(18-22)17-20(3)40-24)30(35)31(36)33(28)11-10-32-12-15-37-16-13-32/h4,6-9,18-20,28,34H,1,5,10-17H2,2-3H3/b29-27+/t20-,28+/m1/s1. The van der Waals surface area contributed by atoms with E-state index in [-0.39, 0.29) is 17.4 Å². The Morgan fingerprint density at radius 1 is 1.10 bits per heavy atom. The van der Waals surface area contributed by atoms with E-state index in [9.17, 15) is 14.7 Å². The molecule has 0 aliphatic carbocycles. The molecule has 0 saturated carbocycles. The average molecular weight is 549 g/mol. The van der Waals surface area contributed by atoms with Crippen LogP contribution in [0.15, 0.2) is 54.6 Å². The lowest BCUT2D eigenvalue weighted by molar-refractivity contribution is -0.140. The van der Waals surface area contributed by atoms with Crippen LogP contribution in [-0.2, 0) is 20.7 Å². The lowest BCUT2D eigenvalue weighted by atomic mass is 9.94. The van der Waals surface area contributed by atoms with E-state index in [0.29, 0.717) is 68.6 Å². The zero-order valence-corrected chi connectivity index (χ0v) is 23.1. The van der Waals surface area contributed by atoms with Gasteiger partial charge in [-0.15, -0.1) is 0 Å². The highest BCUT2D eigenvalue weighted by Crippen LogP contribution is 2.42. The third-order valence-corrected chi connectivity index (χ3v) is 7.41. The third-order valence-electron chi connectivity index (χ3n) is 7.41. The molecule has 0 unspecified atom stereocenters. The molecule has 5 rings (SSSR count). The van der Waals surface area contributed by atoms with Gasteiger partial charge in [0, 0.05) is 38.2 Å². The number of nitrogens with zero attached hydrogens (tertiary/aromatic N) is 2. The predicted molar refractivity (Wildman–Crippen MR) is 150 cm³/mol. The molecule has 40 heavy (non-hydrogen) atoms. The van der Waals surface area contributed by atoms with E-state index < -0.39 is 17.7 Å². The Labute approximate surface area is 234 Å². The van der Waals surface area contributed by atoms with Gasteiger partial charge >= 0.3 is 0 Å². The van der Waals surface area contributed by atoms with Crippen molar-refractivity contribution in [1.82, 2.24) is 9.80 Å². The number of carbonyl (C=O) groups is 2. The molecule has 2 atom stereocenters. The Bertz CT molecular complexity index is 1310. The maximum atomic E-state index is 13.5. The summed E-state index contributed by atoms with van der Waals surface area (Å²) in [5, 5.41) is 11.6. The van der Waals surface area contributed by atoms with Crippen molar-refractivity contribution >= 4 is 17.4 Å². The highest BCUT2D eigenvalue weighted by molar-refractivity contribution is 6.46. The molecule has 1 amide bonds. The molecule has 3 aliphatic heterocycles. The van der Waals surface area contributed by atoms with Gasteiger partial charge in [-0.2, -0.15) is 0 Å². The van der Waals surface area contributed by atoms with Crippen LogP contribution in [0.5, 0.6) is 17.2 Å². The molecule has 3 heterocycles. The first-order valence-corrected chi connectivity index (χ1v) is 13.8. The van der Waals surface area contributed by atoms with Crippen LogP contribution < -0.4 is 14.2 Å². The number of hydrogen-bond donors (Lipinski definition) is 1. The van der Waals surface area contributed by atoms with E-state index in [0.717, 1.165) is 24.4 Å². The topological polar surface area (TPSA) is 97.8 Å². The molecule has 9 nitrogen and oxygen atoms in total. The van der Waals surface area contributed by atoms with Gasteiger partial charge in [0.2, 0.25) is 0 Å². The summed E-state index contributed by atoms with van der Waals surface area (Å²) in [6.45, 7) is 11.9. The van der Waals surface area contributed by atoms with E-state index in [1.165, 1.54) is 0 Å². The number of aliphatic hydroxyl groups excluding tert-OH is 1. The molecule has 0 spiro atoms. The number of aliphatic hydroxyl groups is 1. The smallest absolute Gasteiger partial charge is 0.295 e. The maximum absolute atomic E-state index is 13.5. The number of amides is 1. The summed E-state index contributed by atoms with van der Waals surface area (Å²) in [7, 11) is 0. The molecule has 3 aliphatic rings. The number of ether oxygens (including phenoxy) is 4. The fraction of sp³-hybridized carbons (Fsp3) is 0.419. The minimum atomic E-state index is -0.794. The first-order chi connectivity index (χ1) is 19.4. The number of rotatable bonds is 10. The highest BCUT2D eigenvalue weighted by atomic mass is 16.5. The fourth-order valence-electron chi connectivity index (χ4n) is 5.49. The van der Waals surface area contributed by atoms with Gasteiger partial charge in [0.25, 0.3) is 11.7 Å². The first-order valence-electron chi connectivity index (χ1n) is 13.8. The van der Waals surface area contributed by atoms with Gasteiger partial charge < -0.3 is 29.0 Å². The highest BCUT2D eigenvalue weighted by Gasteiger charge is 2.46. The van der Waals surface area contributed by atoms with Crippen molar-refractivity contribution in [3.05, 3.63) is 71.3 Å². The minimum Gasteiger partial charge on any atom is -0.507 e. The molecule has 0 aromatic heterocycles. The van der Waals surface area contributed by atoms with E-state index in [4.69, 9.17) is 18.9 Å². The third kappa shape index (κ3) is 5.57. The normalized spacial score (nSPS) is 22.2. The molecule has 0 radical (unpaired) electrons. The Kier molecular flexibility index (Phi) is 8.42. The van der Waals surface area contributed by atoms with Gasteiger partial charge in [-0.25, -0.2) is 0 Å². The second kappa shape index (κ2) is 12.1. The number of hydrogen-bond acceptors (Lipinski definition) is 8. The van der Waals surface area contributed by atoms with Gasteiger partial charge in [-0.3, -0.25) is 14.5 Å². The van der Waals surface area contributed by atoms with Gasteiger partial charge in [0.1, 0.15) is 24.2 Å². The SMILES string of the molecule is C=CCOc1ccc([C@H]2/C(=C(\O)c3ccc4c(c3)C[C@@H](C)O4)C(=O)C(=O)N2CCN2CCOCC2)cc1OCC. The number of ketones is 1. The lowest BCUT2D eigenvalue weighted by Gasteiger charge is -2.31. The van der Waals surface area contributed by atoms with E-state index in [1.807, 2.05) is 26.0 Å². The molecular weight excluding hydrogens is 512 g/mol. The summed E-state index contributed by atoms with van der Waals surface area (Å²) >= 11 is 0. The Morgan fingerprint density at radius 3 is 2.65 bits per heavy atom. The van der Waals surface area contributed by atoms with E-state index >= 15 is 0 Å². The molecule has 0 bridgehead atoms. The van der Waals surface area contributed by atoms with Crippen LogP contribution in [0.3, 0.4) is 0 Å². The molecule has 2 aromatic carbocycles. The van der Waals surface area contributed by atoms with Crippen molar-refractivity contribution in [2.75, 3.05) is 52.6 Å². The molecular formula is C31H36N2O7. The molecule has 2 fully saturated rings. The number of morpholine rings is 1. The zero-order chi connectivity index (χ0) is 28.2. The summed E-state index contributed by atoms with van der Waals surface area (Å²) in [5.74, 6) is 0.239. The first kappa shape index (κ1) is 27.7. The van der Waals surface area contributed by atoms with Gasteiger partial charge in [-0.05, 0) is 55.3 Å². The summed E-state index contributed by atoms with van der Waals surface area (Å²) in [5.41, 5.74) is 2.14. The number of Topliss-reactive ketones (excluding diaryl/α,β-unsaturated/α-hetero) is 1. The van der Waals surface area contributed by atoms with Crippen LogP contribution in [0.4, 0.5) is 0 Å². The van der Waals surface area contributed by atoms with Crippen molar-refractivity contribution in [3.8, 4) is 17.2 Å². The van der Waals surface area contributed by atoms with Crippen LogP contribution in [-0.4, -0.2) is 85.3 Å². The second-order valence-electron chi connectivity index (χ2n) is 10.1. The van der Waals surface area contributed by atoms with Crippen LogP contribution in [0.25, 0.3) is 5.76 Å².